The van der Waals surface area contributed by atoms with E-state index in [9.17, 15) is 9.90 Å². The average molecular weight is 397 g/mol. The molecular formula is C20H32O6Si. The Bertz CT molecular complexity index is 627. The summed E-state index contributed by atoms with van der Waals surface area (Å²) in [5.74, 6) is -0.503. The van der Waals surface area contributed by atoms with Crippen LogP contribution in [-0.4, -0.2) is 57.2 Å². The van der Waals surface area contributed by atoms with Crippen molar-refractivity contribution in [2.24, 2.45) is 0 Å². The van der Waals surface area contributed by atoms with Gasteiger partial charge in [-0.2, -0.15) is 0 Å². The van der Waals surface area contributed by atoms with Crippen molar-refractivity contribution in [2.45, 2.75) is 76.5 Å². The molecule has 0 amide bonds. The molecule has 6 nitrogen and oxygen atoms in total. The van der Waals surface area contributed by atoms with Gasteiger partial charge in [0.15, 0.2) is 20.7 Å². The summed E-state index contributed by atoms with van der Waals surface area (Å²) in [6.45, 7) is 12.3. The van der Waals surface area contributed by atoms with Gasteiger partial charge < -0.3 is 23.7 Å². The summed E-state index contributed by atoms with van der Waals surface area (Å²) in [6, 6.07) is 8.71. The van der Waals surface area contributed by atoms with E-state index in [0.29, 0.717) is 5.56 Å². The van der Waals surface area contributed by atoms with Crippen LogP contribution >= 0.6 is 0 Å². The Labute approximate surface area is 162 Å². The number of aliphatic hydroxyl groups is 1. The number of ether oxygens (including phenoxy) is 3. The molecule has 1 fully saturated rings. The Hall–Kier alpha value is -1.25. The summed E-state index contributed by atoms with van der Waals surface area (Å²) in [6.07, 6.45) is -3.85. The lowest BCUT2D eigenvalue weighted by molar-refractivity contribution is -0.282. The van der Waals surface area contributed by atoms with Crippen LogP contribution < -0.4 is 0 Å². The summed E-state index contributed by atoms with van der Waals surface area (Å²) in [4.78, 5) is 12.6. The third-order valence-corrected chi connectivity index (χ3v) is 9.95. The number of methoxy groups -OCH3 is 1. The zero-order chi connectivity index (χ0) is 20.4. The summed E-state index contributed by atoms with van der Waals surface area (Å²) >= 11 is 0. The van der Waals surface area contributed by atoms with Crippen molar-refractivity contribution < 1.29 is 28.5 Å². The van der Waals surface area contributed by atoms with E-state index >= 15 is 0 Å². The Balaban J connectivity index is 2.31. The highest BCUT2D eigenvalue weighted by Gasteiger charge is 2.51. The highest BCUT2D eigenvalue weighted by Crippen LogP contribution is 2.40. The minimum Gasteiger partial charge on any atom is -0.450 e. The van der Waals surface area contributed by atoms with E-state index in [1.807, 2.05) is 6.07 Å². The van der Waals surface area contributed by atoms with Crippen LogP contribution in [0.15, 0.2) is 30.3 Å². The van der Waals surface area contributed by atoms with Crippen LogP contribution in [0.4, 0.5) is 0 Å². The molecule has 0 aliphatic carbocycles. The first-order valence-electron chi connectivity index (χ1n) is 9.28. The number of benzene rings is 1. The molecule has 5 atom stereocenters. The molecule has 0 bridgehead atoms. The molecule has 1 heterocycles. The highest BCUT2D eigenvalue weighted by molar-refractivity contribution is 6.74. The molecule has 0 spiro atoms. The molecule has 2 rings (SSSR count). The molecule has 0 saturated carbocycles. The van der Waals surface area contributed by atoms with Gasteiger partial charge in [-0.25, -0.2) is 4.79 Å². The Morgan fingerprint density at radius 2 is 1.74 bits per heavy atom. The topological polar surface area (TPSA) is 74.2 Å². The van der Waals surface area contributed by atoms with Crippen LogP contribution in [0.3, 0.4) is 0 Å². The number of hydrogen-bond acceptors (Lipinski definition) is 6. The lowest BCUT2D eigenvalue weighted by Gasteiger charge is -2.47. The smallest absolute Gasteiger partial charge is 0.338 e. The fourth-order valence-electron chi connectivity index (χ4n) is 2.72. The minimum absolute atomic E-state index is 0.0647. The molecule has 0 unspecified atom stereocenters. The monoisotopic (exact) mass is 396 g/mol. The summed E-state index contributed by atoms with van der Waals surface area (Å²) < 4.78 is 23.3. The second-order valence-electron chi connectivity index (χ2n) is 8.51. The van der Waals surface area contributed by atoms with E-state index in [0.717, 1.165) is 0 Å². The molecule has 1 aliphatic heterocycles. The molecule has 152 valence electrons. The third-order valence-electron chi connectivity index (χ3n) is 5.48. The van der Waals surface area contributed by atoms with Crippen LogP contribution in [-0.2, 0) is 18.6 Å². The van der Waals surface area contributed by atoms with Crippen LogP contribution in [0.2, 0.25) is 18.1 Å². The fourth-order valence-corrected chi connectivity index (χ4v) is 4.03. The zero-order valence-electron chi connectivity index (χ0n) is 17.3. The van der Waals surface area contributed by atoms with Crippen molar-refractivity contribution >= 4 is 14.3 Å². The van der Waals surface area contributed by atoms with Crippen molar-refractivity contribution in [2.75, 3.05) is 7.11 Å². The van der Waals surface area contributed by atoms with Gasteiger partial charge in [-0.15, -0.1) is 0 Å². The van der Waals surface area contributed by atoms with Crippen LogP contribution in [0, 0.1) is 0 Å². The predicted molar refractivity (Wildman–Crippen MR) is 105 cm³/mol. The second kappa shape index (κ2) is 8.41. The molecule has 1 aliphatic rings. The molecule has 1 aromatic carbocycles. The van der Waals surface area contributed by atoms with E-state index in [-0.39, 0.29) is 5.04 Å². The lowest BCUT2D eigenvalue weighted by Crippen LogP contribution is -2.62. The van der Waals surface area contributed by atoms with E-state index in [4.69, 9.17) is 18.6 Å². The van der Waals surface area contributed by atoms with Crippen molar-refractivity contribution in [3.63, 3.8) is 0 Å². The van der Waals surface area contributed by atoms with Crippen LogP contribution in [0.5, 0.6) is 0 Å². The van der Waals surface area contributed by atoms with Crippen molar-refractivity contribution in [1.82, 2.24) is 0 Å². The van der Waals surface area contributed by atoms with Gasteiger partial charge in [-0.05, 0) is 37.2 Å². The third kappa shape index (κ3) is 4.97. The van der Waals surface area contributed by atoms with E-state index in [1.54, 1.807) is 31.2 Å². The van der Waals surface area contributed by atoms with Gasteiger partial charge in [0.1, 0.15) is 12.2 Å². The number of hydrogen-bond donors (Lipinski definition) is 1. The van der Waals surface area contributed by atoms with Crippen LogP contribution in [0.25, 0.3) is 0 Å². The molecule has 0 aromatic heterocycles. The SMILES string of the molecule is CO[C@H]1O[C@H](C)[C@@H](O)[C@@H](O[Si](C)(C)C(C)(C)C)[C@H]1OC(=O)c1ccccc1. The Morgan fingerprint density at radius 1 is 1.15 bits per heavy atom. The van der Waals surface area contributed by atoms with Crippen LogP contribution in [0.1, 0.15) is 38.1 Å². The first-order valence-corrected chi connectivity index (χ1v) is 12.2. The summed E-state index contributed by atoms with van der Waals surface area (Å²) in [7, 11) is -0.753. The van der Waals surface area contributed by atoms with Gasteiger partial charge in [0.2, 0.25) is 0 Å². The zero-order valence-corrected chi connectivity index (χ0v) is 18.3. The largest absolute Gasteiger partial charge is 0.450 e. The molecule has 1 N–H and O–H groups in total. The highest BCUT2D eigenvalue weighted by atomic mass is 28.4. The maximum atomic E-state index is 12.6. The maximum Gasteiger partial charge on any atom is 0.338 e. The van der Waals surface area contributed by atoms with Crippen molar-refractivity contribution in [1.29, 1.82) is 0 Å². The maximum absolute atomic E-state index is 12.6. The number of esters is 1. The van der Waals surface area contributed by atoms with Gasteiger partial charge in [0.25, 0.3) is 0 Å². The standard InChI is InChI=1S/C20H32O6Si/c1-13-15(21)16(26-27(6,7)20(2,3)4)17(19(23-5)24-13)25-18(22)14-11-9-8-10-12-14/h8-13,15-17,19,21H,1-7H3/t13-,15-,16-,17-,19+/m1/s1. The molecule has 1 saturated heterocycles. The average Bonchev–Trinajstić information content (AvgIpc) is 2.60. The minimum atomic E-state index is -2.24. The Kier molecular flexibility index (Phi) is 6.86. The van der Waals surface area contributed by atoms with Gasteiger partial charge in [-0.3, -0.25) is 0 Å². The quantitative estimate of drug-likeness (QED) is 0.608. The molecule has 0 radical (unpaired) electrons. The van der Waals surface area contributed by atoms with Gasteiger partial charge in [0.05, 0.1) is 11.7 Å². The number of carbonyl (C=O) groups excluding carboxylic acids is 1. The number of rotatable bonds is 5. The van der Waals surface area contributed by atoms with Gasteiger partial charge in [0, 0.05) is 7.11 Å². The number of aliphatic hydroxyl groups excluding tert-OH is 1. The summed E-state index contributed by atoms with van der Waals surface area (Å²) in [5, 5.41) is 10.7. The van der Waals surface area contributed by atoms with Crippen molar-refractivity contribution in [3.8, 4) is 0 Å². The summed E-state index contributed by atoms with van der Waals surface area (Å²) in [5.41, 5.74) is 0.423. The first kappa shape index (κ1) is 22.0. The molecule has 1 aromatic rings. The van der Waals surface area contributed by atoms with Crippen molar-refractivity contribution in [3.05, 3.63) is 35.9 Å². The normalized spacial score (nSPS) is 29.4. The van der Waals surface area contributed by atoms with E-state index in [1.165, 1.54) is 7.11 Å². The van der Waals surface area contributed by atoms with Gasteiger partial charge >= 0.3 is 5.97 Å². The first-order chi connectivity index (χ1) is 12.5. The molecule has 7 heteroatoms. The fraction of sp³-hybridized carbons (Fsp3) is 0.650. The Morgan fingerprint density at radius 3 is 2.26 bits per heavy atom. The number of carbonyl (C=O) groups is 1. The van der Waals surface area contributed by atoms with Gasteiger partial charge in [-0.1, -0.05) is 39.0 Å². The van der Waals surface area contributed by atoms with E-state index < -0.39 is 45.0 Å². The van der Waals surface area contributed by atoms with E-state index in [2.05, 4.69) is 33.9 Å². The molecule has 27 heavy (non-hydrogen) atoms. The molecular weight excluding hydrogens is 364 g/mol. The predicted octanol–water partition coefficient (Wildman–Crippen LogP) is 3.35. The second-order valence-corrected chi connectivity index (χ2v) is 13.3. The lowest BCUT2D eigenvalue weighted by atomic mass is 9.99.